The quantitative estimate of drug-likeness (QED) is 0.619. The highest BCUT2D eigenvalue weighted by Gasteiger charge is 2.29. The summed E-state index contributed by atoms with van der Waals surface area (Å²) in [6.45, 7) is 16.2. The molecule has 0 spiro atoms. The highest BCUT2D eigenvalue weighted by atomic mass is 16.6. The van der Waals surface area contributed by atoms with Crippen LogP contribution in [0, 0.1) is 5.92 Å². The Hall–Kier alpha value is -1.83. The molecule has 0 rings (SSSR count). The van der Waals surface area contributed by atoms with Crippen LogP contribution in [0.5, 0.6) is 0 Å². The van der Waals surface area contributed by atoms with E-state index in [1.807, 2.05) is 34.6 Å². The molecule has 0 bridgehead atoms. The van der Waals surface area contributed by atoms with Crippen molar-refractivity contribution in [2.75, 3.05) is 13.2 Å². The van der Waals surface area contributed by atoms with Crippen LogP contribution >= 0.6 is 0 Å². The van der Waals surface area contributed by atoms with Crippen molar-refractivity contribution in [3.05, 3.63) is 0 Å². The molecule has 2 amide bonds. The summed E-state index contributed by atoms with van der Waals surface area (Å²) < 4.78 is 15.9. The summed E-state index contributed by atoms with van der Waals surface area (Å²) in [5.41, 5.74) is -1.16. The third-order valence-corrected chi connectivity index (χ3v) is 2.96. The molecule has 0 saturated heterocycles. The zero-order valence-corrected chi connectivity index (χ0v) is 18.1. The monoisotopic (exact) mass is 388 g/mol. The molecular formula is C19H36N2O6. The molecule has 27 heavy (non-hydrogen) atoms. The number of ether oxygens (including phenoxy) is 3. The van der Waals surface area contributed by atoms with Crippen molar-refractivity contribution in [3.63, 3.8) is 0 Å². The molecule has 8 nitrogen and oxygen atoms in total. The molecule has 8 heteroatoms. The maximum atomic E-state index is 12.5. The molecule has 1 unspecified atom stereocenters. The second-order valence-corrected chi connectivity index (χ2v) is 8.88. The maximum Gasteiger partial charge on any atom is 0.407 e. The summed E-state index contributed by atoms with van der Waals surface area (Å²) in [6, 6.07) is -1.88. The first-order valence-electron chi connectivity index (χ1n) is 9.21. The van der Waals surface area contributed by atoms with Gasteiger partial charge in [-0.3, -0.25) is 4.79 Å². The molecule has 0 fully saturated rings. The van der Waals surface area contributed by atoms with E-state index in [4.69, 9.17) is 14.2 Å². The Labute approximate surface area is 162 Å². The molecule has 0 aliphatic carbocycles. The van der Waals surface area contributed by atoms with Gasteiger partial charge in [-0.15, -0.1) is 0 Å². The van der Waals surface area contributed by atoms with E-state index in [1.54, 1.807) is 20.8 Å². The van der Waals surface area contributed by atoms with Gasteiger partial charge in [0.2, 0.25) is 5.91 Å². The normalized spacial score (nSPS) is 14.3. The van der Waals surface area contributed by atoms with Crippen molar-refractivity contribution < 1.29 is 28.6 Å². The number of rotatable bonds is 8. The number of hydrogen-bond donors (Lipinski definition) is 2. The van der Waals surface area contributed by atoms with Gasteiger partial charge in [-0.1, -0.05) is 13.8 Å². The van der Waals surface area contributed by atoms with E-state index in [2.05, 4.69) is 10.6 Å². The van der Waals surface area contributed by atoms with Crippen molar-refractivity contribution >= 4 is 18.0 Å². The fourth-order valence-electron chi connectivity index (χ4n) is 1.71. The van der Waals surface area contributed by atoms with E-state index in [0.29, 0.717) is 0 Å². The van der Waals surface area contributed by atoms with Gasteiger partial charge in [-0.25, -0.2) is 9.59 Å². The minimum absolute atomic E-state index is 0.0624. The van der Waals surface area contributed by atoms with E-state index in [-0.39, 0.29) is 19.1 Å². The molecule has 0 aromatic heterocycles. The molecule has 2 atom stereocenters. The van der Waals surface area contributed by atoms with Crippen LogP contribution in [0.2, 0.25) is 0 Å². The first-order chi connectivity index (χ1) is 12.1. The van der Waals surface area contributed by atoms with Crippen molar-refractivity contribution in [1.29, 1.82) is 0 Å². The largest absolute Gasteiger partial charge is 0.458 e. The van der Waals surface area contributed by atoms with Gasteiger partial charge in [0.15, 0.2) is 0 Å². The first kappa shape index (κ1) is 25.2. The third kappa shape index (κ3) is 13.1. The number of nitrogens with one attached hydrogen (secondary N) is 2. The van der Waals surface area contributed by atoms with Crippen LogP contribution in [0.15, 0.2) is 0 Å². The van der Waals surface area contributed by atoms with Crippen LogP contribution in [0.4, 0.5) is 4.79 Å². The average molecular weight is 389 g/mol. The van der Waals surface area contributed by atoms with Crippen LogP contribution in [-0.4, -0.2) is 54.5 Å². The summed E-state index contributed by atoms with van der Waals surface area (Å²) in [6.07, 6.45) is -0.716. The summed E-state index contributed by atoms with van der Waals surface area (Å²) in [5.74, 6) is -0.950. The molecule has 2 N–H and O–H groups in total. The Morgan fingerprint density at radius 3 is 1.85 bits per heavy atom. The number of carbonyl (C=O) groups excluding carboxylic acids is 3. The Morgan fingerprint density at radius 1 is 0.852 bits per heavy atom. The van der Waals surface area contributed by atoms with Gasteiger partial charge in [0.1, 0.15) is 17.7 Å². The van der Waals surface area contributed by atoms with Crippen molar-refractivity contribution in [2.45, 2.75) is 85.6 Å². The predicted octanol–water partition coefficient (Wildman–Crippen LogP) is 2.40. The van der Waals surface area contributed by atoms with Crippen LogP contribution in [0.1, 0.15) is 62.3 Å². The summed E-state index contributed by atoms with van der Waals surface area (Å²) >= 11 is 0. The minimum Gasteiger partial charge on any atom is -0.458 e. The second-order valence-electron chi connectivity index (χ2n) is 8.88. The molecule has 158 valence electrons. The van der Waals surface area contributed by atoms with Gasteiger partial charge in [-0.2, -0.15) is 0 Å². The van der Waals surface area contributed by atoms with Gasteiger partial charge in [0.05, 0.1) is 18.8 Å². The van der Waals surface area contributed by atoms with Gasteiger partial charge in [-0.05, 0) is 54.4 Å². The number of alkyl carbamates (subject to hydrolysis) is 1. The summed E-state index contributed by atoms with van der Waals surface area (Å²) in [4.78, 5) is 36.5. The Bertz CT molecular complexity index is 505. The molecular weight excluding hydrogens is 352 g/mol. The summed E-state index contributed by atoms with van der Waals surface area (Å²) in [5, 5.41) is 5.03. The fourth-order valence-corrected chi connectivity index (χ4v) is 1.71. The van der Waals surface area contributed by atoms with E-state index in [9.17, 15) is 14.4 Å². The zero-order chi connectivity index (χ0) is 21.4. The lowest BCUT2D eigenvalue weighted by Gasteiger charge is -2.26. The van der Waals surface area contributed by atoms with E-state index in [0.717, 1.165) is 0 Å². The highest BCUT2D eigenvalue weighted by molar-refractivity contribution is 5.89. The van der Waals surface area contributed by atoms with Crippen LogP contribution in [-0.2, 0) is 23.8 Å². The van der Waals surface area contributed by atoms with Crippen molar-refractivity contribution in [1.82, 2.24) is 10.6 Å². The lowest BCUT2D eigenvalue weighted by atomic mass is 10.2. The maximum absolute atomic E-state index is 12.5. The lowest BCUT2D eigenvalue weighted by Crippen LogP contribution is -2.54. The fraction of sp³-hybridized carbons (Fsp3) is 0.842. The zero-order valence-electron chi connectivity index (χ0n) is 18.1. The molecule has 0 radical (unpaired) electrons. The van der Waals surface area contributed by atoms with Crippen LogP contribution < -0.4 is 10.6 Å². The van der Waals surface area contributed by atoms with Gasteiger partial charge in [0, 0.05) is 0 Å². The topological polar surface area (TPSA) is 103 Å². The highest BCUT2D eigenvalue weighted by Crippen LogP contribution is 2.10. The molecule has 0 aromatic rings. The number of esters is 1. The van der Waals surface area contributed by atoms with E-state index < -0.39 is 41.3 Å². The van der Waals surface area contributed by atoms with Crippen LogP contribution in [0.25, 0.3) is 0 Å². The average Bonchev–Trinajstić information content (AvgIpc) is 2.46. The number of carbonyl (C=O) groups is 3. The molecule has 0 aliphatic heterocycles. The Kier molecular flexibility index (Phi) is 9.78. The molecule has 0 heterocycles. The van der Waals surface area contributed by atoms with Gasteiger partial charge >= 0.3 is 12.1 Å². The SMILES string of the molecule is CC(C)COC(=O)N[C@H](COC(C)(C)C)C(=O)NC(C)C(=O)OC(C)(C)C. The van der Waals surface area contributed by atoms with E-state index >= 15 is 0 Å². The lowest BCUT2D eigenvalue weighted by molar-refractivity contribution is -0.158. The first-order valence-corrected chi connectivity index (χ1v) is 9.21. The molecule has 0 saturated carbocycles. The smallest absolute Gasteiger partial charge is 0.407 e. The summed E-state index contributed by atoms with van der Waals surface area (Å²) in [7, 11) is 0. The third-order valence-electron chi connectivity index (χ3n) is 2.96. The molecule has 0 aliphatic rings. The number of hydrogen-bond acceptors (Lipinski definition) is 6. The predicted molar refractivity (Wildman–Crippen MR) is 102 cm³/mol. The Balaban J connectivity index is 4.94. The molecule has 0 aromatic carbocycles. The van der Waals surface area contributed by atoms with Crippen LogP contribution in [0.3, 0.4) is 0 Å². The van der Waals surface area contributed by atoms with E-state index in [1.165, 1.54) is 6.92 Å². The van der Waals surface area contributed by atoms with Crippen molar-refractivity contribution in [3.8, 4) is 0 Å². The van der Waals surface area contributed by atoms with Gasteiger partial charge in [0.25, 0.3) is 0 Å². The van der Waals surface area contributed by atoms with Gasteiger partial charge < -0.3 is 24.8 Å². The standard InChI is InChI=1S/C19H36N2O6/c1-12(2)10-25-17(24)21-14(11-26-18(4,5)6)15(22)20-13(3)16(23)27-19(7,8)9/h12-14H,10-11H2,1-9H3,(H,20,22)(H,21,24)/t13?,14-/m1/s1. The second kappa shape index (κ2) is 10.5. The minimum atomic E-state index is -1.01. The number of amides is 2. The van der Waals surface area contributed by atoms with Crippen molar-refractivity contribution in [2.24, 2.45) is 5.92 Å². The Morgan fingerprint density at radius 2 is 1.41 bits per heavy atom.